The lowest BCUT2D eigenvalue weighted by Crippen LogP contribution is -2.53. The number of aromatic nitrogens is 2. The highest BCUT2D eigenvalue weighted by Gasteiger charge is 2.26. The van der Waals surface area contributed by atoms with Gasteiger partial charge in [-0.1, -0.05) is 24.3 Å². The molecule has 1 amide bonds. The number of pyridine rings is 2. The maximum atomic E-state index is 15.3. The van der Waals surface area contributed by atoms with Gasteiger partial charge in [0.05, 0.1) is 22.7 Å². The van der Waals surface area contributed by atoms with Crippen molar-refractivity contribution in [3.05, 3.63) is 81.8 Å². The van der Waals surface area contributed by atoms with Crippen LogP contribution < -0.4 is 20.9 Å². The first-order valence-corrected chi connectivity index (χ1v) is 13.4. The van der Waals surface area contributed by atoms with Crippen LogP contribution in [0.2, 0.25) is 0 Å². The SMILES string of the molecule is COc1ccc(CNc2nc3c(cc2F)c(=O)c(C(=O)NN2CCN(C)CC2)c2sc4ccccc4n23)cc1. The highest BCUT2D eigenvalue weighted by Crippen LogP contribution is 2.31. The summed E-state index contributed by atoms with van der Waals surface area (Å²) in [7, 11) is 3.62. The first kappa shape index (κ1) is 25.2. The van der Waals surface area contributed by atoms with Crippen LogP contribution in [-0.4, -0.2) is 65.5 Å². The summed E-state index contributed by atoms with van der Waals surface area (Å²) in [5.41, 5.74) is 4.33. The number of hydrazine groups is 1. The number of thiazole rings is 1. The number of piperazine rings is 1. The molecule has 0 unspecified atom stereocenters. The molecule has 1 fully saturated rings. The Labute approximate surface area is 227 Å². The van der Waals surface area contributed by atoms with Gasteiger partial charge in [-0.2, -0.15) is 0 Å². The Morgan fingerprint density at radius 2 is 1.85 bits per heavy atom. The predicted octanol–water partition coefficient (Wildman–Crippen LogP) is 3.71. The molecule has 39 heavy (non-hydrogen) atoms. The summed E-state index contributed by atoms with van der Waals surface area (Å²) in [4.78, 5) is 34.4. The van der Waals surface area contributed by atoms with Crippen molar-refractivity contribution < 1.29 is 13.9 Å². The number of fused-ring (bicyclic) bond motifs is 5. The molecule has 1 saturated heterocycles. The lowest BCUT2D eigenvalue weighted by molar-refractivity contribution is 0.0663. The van der Waals surface area contributed by atoms with Gasteiger partial charge in [-0.25, -0.2) is 14.4 Å². The average molecular weight is 547 g/mol. The minimum Gasteiger partial charge on any atom is -0.497 e. The van der Waals surface area contributed by atoms with Gasteiger partial charge >= 0.3 is 0 Å². The number of hydrogen-bond acceptors (Lipinski definition) is 8. The van der Waals surface area contributed by atoms with Gasteiger partial charge in [0, 0.05) is 32.7 Å². The van der Waals surface area contributed by atoms with Crippen LogP contribution in [0.15, 0.2) is 59.4 Å². The maximum absolute atomic E-state index is 15.3. The molecule has 3 aromatic heterocycles. The number of benzene rings is 2. The second-order valence-corrected chi connectivity index (χ2v) is 10.6. The van der Waals surface area contributed by atoms with E-state index in [2.05, 4.69) is 20.6 Å². The number of amides is 1. The third-order valence-corrected chi connectivity index (χ3v) is 8.12. The first-order chi connectivity index (χ1) is 18.9. The summed E-state index contributed by atoms with van der Waals surface area (Å²) >= 11 is 1.34. The molecule has 4 heterocycles. The zero-order valence-electron chi connectivity index (χ0n) is 21.5. The minimum atomic E-state index is -0.668. The van der Waals surface area contributed by atoms with Gasteiger partial charge in [0.25, 0.3) is 5.91 Å². The Balaban J connectivity index is 1.45. The van der Waals surface area contributed by atoms with E-state index in [4.69, 9.17) is 4.74 Å². The van der Waals surface area contributed by atoms with Gasteiger partial charge in [-0.15, -0.1) is 11.3 Å². The number of carbonyl (C=O) groups is 1. The third-order valence-electron chi connectivity index (χ3n) is 6.98. The molecule has 0 aliphatic carbocycles. The molecule has 0 bridgehead atoms. The Morgan fingerprint density at radius 1 is 1.10 bits per heavy atom. The van der Waals surface area contributed by atoms with E-state index in [0.29, 0.717) is 30.1 Å². The highest BCUT2D eigenvalue weighted by atomic mass is 32.1. The van der Waals surface area contributed by atoms with Crippen LogP contribution in [-0.2, 0) is 6.54 Å². The summed E-state index contributed by atoms with van der Waals surface area (Å²) in [5.74, 6) is -0.417. The van der Waals surface area contributed by atoms with E-state index in [1.807, 2.05) is 60.6 Å². The van der Waals surface area contributed by atoms with Crippen molar-refractivity contribution in [3.63, 3.8) is 0 Å². The summed E-state index contributed by atoms with van der Waals surface area (Å²) in [6.45, 7) is 3.22. The molecule has 1 aliphatic rings. The van der Waals surface area contributed by atoms with Gasteiger partial charge in [0.15, 0.2) is 17.3 Å². The molecule has 2 N–H and O–H groups in total. The molecule has 11 heteroatoms. The monoisotopic (exact) mass is 546 g/mol. The summed E-state index contributed by atoms with van der Waals surface area (Å²) in [6.07, 6.45) is 0. The van der Waals surface area contributed by atoms with Crippen molar-refractivity contribution in [3.8, 4) is 5.75 Å². The van der Waals surface area contributed by atoms with Gasteiger partial charge in [0.1, 0.15) is 16.1 Å². The van der Waals surface area contributed by atoms with Crippen LogP contribution in [0.3, 0.4) is 0 Å². The summed E-state index contributed by atoms with van der Waals surface area (Å²) < 4.78 is 23.2. The number of para-hydroxylation sites is 1. The molecular formula is C28H27FN6O3S. The number of anilines is 1. The second kappa shape index (κ2) is 10.3. The van der Waals surface area contributed by atoms with E-state index >= 15 is 4.39 Å². The second-order valence-electron chi connectivity index (χ2n) is 9.54. The van der Waals surface area contributed by atoms with Crippen molar-refractivity contribution in [2.75, 3.05) is 45.7 Å². The number of ether oxygens (including phenoxy) is 1. The van der Waals surface area contributed by atoms with Crippen LogP contribution >= 0.6 is 11.3 Å². The third kappa shape index (κ3) is 4.69. The molecule has 0 spiro atoms. The molecule has 2 aromatic carbocycles. The fourth-order valence-corrected chi connectivity index (χ4v) is 5.96. The number of likely N-dealkylation sites (N-methyl/N-ethyl adjacent to an activating group) is 1. The number of nitrogens with one attached hydrogen (secondary N) is 2. The molecule has 6 rings (SSSR count). The zero-order chi connectivity index (χ0) is 27.1. The fraction of sp³-hybridized carbons (Fsp3) is 0.250. The zero-order valence-corrected chi connectivity index (χ0v) is 22.3. The van der Waals surface area contributed by atoms with E-state index in [9.17, 15) is 9.59 Å². The minimum absolute atomic E-state index is 0.0113. The molecule has 9 nitrogen and oxygen atoms in total. The normalized spacial score (nSPS) is 14.7. The van der Waals surface area contributed by atoms with Crippen LogP contribution in [0.5, 0.6) is 5.75 Å². The molecule has 200 valence electrons. The quantitative estimate of drug-likeness (QED) is 0.336. The van der Waals surface area contributed by atoms with Gasteiger partial charge in [0.2, 0.25) is 5.43 Å². The number of hydrogen-bond donors (Lipinski definition) is 2. The summed E-state index contributed by atoms with van der Waals surface area (Å²) in [5, 5.41) is 4.92. The Bertz CT molecular complexity index is 1760. The maximum Gasteiger partial charge on any atom is 0.272 e. The van der Waals surface area contributed by atoms with Crippen LogP contribution in [0.4, 0.5) is 10.2 Å². The predicted molar refractivity (Wildman–Crippen MR) is 151 cm³/mol. The van der Waals surface area contributed by atoms with Crippen molar-refractivity contribution in [1.29, 1.82) is 0 Å². The lowest BCUT2D eigenvalue weighted by atomic mass is 10.1. The topological polar surface area (TPSA) is 91.2 Å². The number of methoxy groups -OCH3 is 1. The van der Waals surface area contributed by atoms with E-state index < -0.39 is 17.2 Å². The Kier molecular flexibility index (Phi) is 6.63. The van der Waals surface area contributed by atoms with Crippen molar-refractivity contribution in [2.45, 2.75) is 6.54 Å². The summed E-state index contributed by atoms with van der Waals surface area (Å²) in [6, 6.07) is 16.2. The van der Waals surface area contributed by atoms with E-state index in [1.54, 1.807) is 11.5 Å². The van der Waals surface area contributed by atoms with Crippen LogP contribution in [0, 0.1) is 5.82 Å². The van der Waals surface area contributed by atoms with E-state index in [1.165, 1.54) is 17.4 Å². The molecule has 0 saturated carbocycles. The Hall–Kier alpha value is -4.06. The largest absolute Gasteiger partial charge is 0.497 e. The molecule has 1 aliphatic heterocycles. The Morgan fingerprint density at radius 3 is 2.59 bits per heavy atom. The van der Waals surface area contributed by atoms with Gasteiger partial charge < -0.3 is 15.0 Å². The van der Waals surface area contributed by atoms with Gasteiger partial charge in [-0.3, -0.25) is 19.4 Å². The molecule has 5 aromatic rings. The number of halogens is 1. The van der Waals surface area contributed by atoms with Crippen LogP contribution in [0.1, 0.15) is 15.9 Å². The first-order valence-electron chi connectivity index (χ1n) is 12.6. The average Bonchev–Trinajstić information content (AvgIpc) is 3.33. The molecule has 0 atom stereocenters. The van der Waals surface area contributed by atoms with Crippen molar-refractivity contribution >= 4 is 49.1 Å². The number of carbonyl (C=O) groups excluding carboxylic acids is 1. The van der Waals surface area contributed by atoms with E-state index in [0.717, 1.165) is 34.6 Å². The molecular weight excluding hydrogens is 519 g/mol. The van der Waals surface area contributed by atoms with Crippen LogP contribution in [0.25, 0.3) is 26.1 Å². The number of nitrogens with zero attached hydrogens (tertiary/aromatic N) is 4. The fourth-order valence-electron chi connectivity index (χ4n) is 4.78. The smallest absolute Gasteiger partial charge is 0.272 e. The van der Waals surface area contributed by atoms with Crippen molar-refractivity contribution in [1.82, 2.24) is 24.7 Å². The highest BCUT2D eigenvalue weighted by molar-refractivity contribution is 7.24. The van der Waals surface area contributed by atoms with Gasteiger partial charge in [-0.05, 0) is 42.9 Å². The van der Waals surface area contributed by atoms with Crippen molar-refractivity contribution in [2.24, 2.45) is 0 Å². The number of rotatable bonds is 6. The standard InChI is InChI=1S/C28H27FN6O3S/c1-33-11-13-34(14-12-33)32-27(37)23-24(36)19-15-20(29)25(30-16-17-7-9-18(38-2)10-8-17)31-26(19)35-21-5-3-4-6-22(21)39-28(23)35/h3-10,15H,11-14,16H2,1-2H3,(H,30,31)(H,32,37). The molecule has 0 radical (unpaired) electrons. The van der Waals surface area contributed by atoms with E-state index in [-0.39, 0.29) is 16.8 Å². The lowest BCUT2D eigenvalue weighted by Gasteiger charge is -2.32.